The van der Waals surface area contributed by atoms with Crippen molar-refractivity contribution in [1.82, 2.24) is 0 Å². The van der Waals surface area contributed by atoms with Gasteiger partial charge < -0.3 is 0 Å². The van der Waals surface area contributed by atoms with E-state index in [0.717, 1.165) is 6.92 Å². The van der Waals surface area contributed by atoms with Crippen LogP contribution in [0.5, 0.6) is 0 Å². The van der Waals surface area contributed by atoms with Gasteiger partial charge in [0.1, 0.15) is 63.9 Å². The third-order valence-electron chi connectivity index (χ3n) is 8.81. The van der Waals surface area contributed by atoms with Gasteiger partial charge in [0, 0.05) is 6.42 Å². The molecule has 0 aromatic heterocycles. The molecule has 0 amide bonds. The van der Waals surface area contributed by atoms with Gasteiger partial charge in [-0.25, -0.2) is 34.4 Å². The van der Waals surface area contributed by atoms with E-state index >= 15 is 30.7 Å². The molecule has 0 aliphatic heterocycles. The van der Waals surface area contributed by atoms with Gasteiger partial charge in [-0.2, -0.15) is 59.7 Å². The van der Waals surface area contributed by atoms with Crippen molar-refractivity contribution in [1.29, 1.82) is 10.5 Å². The van der Waals surface area contributed by atoms with Crippen LogP contribution < -0.4 is 10.4 Å². The zero-order valence-corrected chi connectivity index (χ0v) is 29.0. The summed E-state index contributed by atoms with van der Waals surface area (Å²) in [5, 5.41) is 17.4. The molecule has 0 spiro atoms. The maximum absolute atomic E-state index is 15.5. The number of rotatable bonds is 4. The van der Waals surface area contributed by atoms with Gasteiger partial charge in [0.15, 0.2) is 0 Å². The Labute approximate surface area is 310 Å². The monoisotopic (exact) mass is 850 g/mol. The molecular formula is C34H11F13N4O4S2. The zero-order chi connectivity index (χ0) is 43.1. The van der Waals surface area contributed by atoms with Crippen molar-refractivity contribution in [2.75, 3.05) is 0 Å². The standard InChI is InChI=1S/C34H11F13N4O4S2/c1-12-16(31(50-2)51-3)8-18-24(12)25(13-4-20(35)29(21(36)5-13)56(52,53)33(42,43)44)19-9-17(15(10-48)11-49)28(32(39,40)41)27(19)26(18)14-6-22(37)30(23(38)7-14)57(54,55)34(45,46)47/h4-7H,8-9H2,1H3. The number of nitrogens with zero attached hydrogens (tertiary/aromatic N) is 4. The lowest BCUT2D eigenvalue weighted by Gasteiger charge is -2.19. The second kappa shape index (κ2) is 13.5. The fraction of sp³-hybridized carbons (Fsp3) is 0.176. The van der Waals surface area contributed by atoms with Gasteiger partial charge >= 0.3 is 23.0 Å². The largest absolute Gasteiger partial charge is 0.523 e. The van der Waals surface area contributed by atoms with E-state index in [4.69, 9.17) is 13.1 Å². The van der Waals surface area contributed by atoms with Crippen LogP contribution in [0.3, 0.4) is 0 Å². The van der Waals surface area contributed by atoms with Crippen molar-refractivity contribution < 1.29 is 73.9 Å². The zero-order valence-electron chi connectivity index (χ0n) is 27.4. The Bertz CT molecular complexity index is 2910. The first-order chi connectivity index (χ1) is 26.1. The van der Waals surface area contributed by atoms with E-state index in [-0.39, 0.29) is 35.4 Å². The lowest BCUT2D eigenvalue weighted by molar-refractivity contribution is -0.0695. The molecular weight excluding hydrogens is 840 g/mol. The van der Waals surface area contributed by atoms with Crippen LogP contribution in [0, 0.1) is 59.1 Å². The average Bonchev–Trinajstić information content (AvgIpc) is 3.61. The minimum Gasteiger partial charge on any atom is -0.214 e. The SMILES string of the molecule is [C-]#[N+]C([N+]#[C-])=C1Cc2c(-c3cc(F)c(S(=O)(=O)C(F)(F)F)c(F)c3)c3c(c(-c4cc(F)c(S(=O)(=O)C(F)(F)F)c(F)c4)c2=C1C)CC(=C(C#N)C#N)C=3C(F)(F)F. The van der Waals surface area contributed by atoms with Crippen LogP contribution in [0.1, 0.15) is 18.1 Å². The lowest BCUT2D eigenvalue weighted by atomic mass is 9.86. The molecule has 0 saturated carbocycles. The summed E-state index contributed by atoms with van der Waals surface area (Å²) in [7, 11) is -13.6. The molecule has 0 unspecified atom stereocenters. The van der Waals surface area contributed by atoms with Crippen molar-refractivity contribution >= 4 is 30.8 Å². The summed E-state index contributed by atoms with van der Waals surface area (Å²) in [5.41, 5.74) is -23.1. The molecule has 0 radical (unpaired) electrons. The second-order valence-corrected chi connectivity index (χ2v) is 15.6. The molecule has 0 bridgehead atoms. The van der Waals surface area contributed by atoms with Gasteiger partial charge in [0.25, 0.3) is 19.7 Å². The number of hydrogen-bond acceptors (Lipinski definition) is 6. The molecule has 2 aliphatic carbocycles. The molecule has 23 heteroatoms. The Morgan fingerprint density at radius 2 is 1.00 bits per heavy atom. The Kier molecular flexibility index (Phi) is 9.94. The first kappa shape index (κ1) is 42.0. The van der Waals surface area contributed by atoms with E-state index in [1.807, 2.05) is 0 Å². The van der Waals surface area contributed by atoms with Crippen molar-refractivity contribution in [3.63, 3.8) is 0 Å². The van der Waals surface area contributed by atoms with Gasteiger partial charge in [-0.05, 0) is 92.6 Å². The van der Waals surface area contributed by atoms with Crippen molar-refractivity contribution in [2.24, 2.45) is 0 Å². The third kappa shape index (κ3) is 6.36. The van der Waals surface area contributed by atoms with E-state index in [9.17, 15) is 53.7 Å². The van der Waals surface area contributed by atoms with Crippen LogP contribution in [0.25, 0.3) is 43.1 Å². The first-order valence-corrected chi connectivity index (χ1v) is 17.7. The highest BCUT2D eigenvalue weighted by atomic mass is 32.2. The number of allylic oxidation sites excluding steroid dienone is 3. The Balaban J connectivity index is 2.17. The molecule has 0 N–H and O–H groups in total. The Morgan fingerprint density at radius 3 is 1.33 bits per heavy atom. The highest BCUT2D eigenvalue weighted by molar-refractivity contribution is 7.92. The van der Waals surface area contributed by atoms with Gasteiger partial charge in [0.05, 0.1) is 11.1 Å². The summed E-state index contributed by atoms with van der Waals surface area (Å²) < 4.78 is 236. The summed E-state index contributed by atoms with van der Waals surface area (Å²) in [5.74, 6) is -10.7. The highest BCUT2D eigenvalue weighted by Crippen LogP contribution is 2.45. The van der Waals surface area contributed by atoms with Crippen LogP contribution in [0.2, 0.25) is 0 Å². The molecule has 294 valence electrons. The number of alkyl halides is 9. The van der Waals surface area contributed by atoms with E-state index < -0.39 is 149 Å². The van der Waals surface area contributed by atoms with Crippen LogP contribution in [-0.2, 0) is 32.5 Å². The third-order valence-corrected chi connectivity index (χ3v) is 11.9. The number of nitriles is 2. The number of benzene rings is 3. The van der Waals surface area contributed by atoms with Crippen LogP contribution in [0.4, 0.5) is 57.1 Å². The maximum atomic E-state index is 15.5. The van der Waals surface area contributed by atoms with Crippen molar-refractivity contribution in [2.45, 2.75) is 46.7 Å². The second-order valence-electron chi connectivity index (χ2n) is 11.8. The van der Waals surface area contributed by atoms with Gasteiger partial charge in [-0.3, -0.25) is 0 Å². The number of hydrogen-bond donors (Lipinski definition) is 0. The molecule has 57 heavy (non-hydrogen) atoms. The predicted octanol–water partition coefficient (Wildman–Crippen LogP) is 7.55. The maximum Gasteiger partial charge on any atom is 0.523 e. The molecule has 3 aromatic rings. The number of halogens is 13. The van der Waals surface area contributed by atoms with Gasteiger partial charge in [0.2, 0.25) is 0 Å². The van der Waals surface area contributed by atoms with Crippen molar-refractivity contribution in [3.8, 4) is 34.4 Å². The molecule has 5 rings (SSSR count). The summed E-state index contributed by atoms with van der Waals surface area (Å²) >= 11 is 0. The van der Waals surface area contributed by atoms with Crippen molar-refractivity contribution in [3.05, 3.63) is 114 Å². The summed E-state index contributed by atoms with van der Waals surface area (Å²) in [6.07, 6.45) is -7.84. The van der Waals surface area contributed by atoms with Gasteiger partial charge in [-0.15, -0.1) is 0 Å². The lowest BCUT2D eigenvalue weighted by Crippen LogP contribution is -2.28. The fourth-order valence-corrected chi connectivity index (χ4v) is 8.38. The fourth-order valence-electron chi connectivity index (χ4n) is 6.66. The molecule has 0 saturated heterocycles. The topological polar surface area (TPSA) is 125 Å². The van der Waals surface area contributed by atoms with E-state index in [2.05, 4.69) is 9.69 Å². The Hall–Kier alpha value is -6.17. The highest BCUT2D eigenvalue weighted by Gasteiger charge is 2.52. The molecule has 3 aromatic carbocycles. The van der Waals surface area contributed by atoms with E-state index in [1.165, 1.54) is 12.1 Å². The normalized spacial score (nSPS) is 14.4. The molecule has 8 nitrogen and oxygen atoms in total. The summed E-state index contributed by atoms with van der Waals surface area (Å²) in [6, 6.07) is 2.11. The molecule has 0 heterocycles. The molecule has 2 aliphatic rings. The Morgan fingerprint density at radius 1 is 0.649 bits per heavy atom. The molecule has 0 fully saturated rings. The quantitative estimate of drug-likeness (QED) is 0.152. The van der Waals surface area contributed by atoms with E-state index in [1.54, 1.807) is 0 Å². The first-order valence-electron chi connectivity index (χ1n) is 14.8. The average molecular weight is 851 g/mol. The predicted molar refractivity (Wildman–Crippen MR) is 167 cm³/mol. The minimum absolute atomic E-state index is 0.0303. The van der Waals surface area contributed by atoms with E-state index in [0.29, 0.717) is 0 Å². The van der Waals surface area contributed by atoms with Crippen LogP contribution in [0.15, 0.2) is 56.6 Å². The minimum atomic E-state index is -6.81. The molecule has 0 atom stereocenters. The smallest absolute Gasteiger partial charge is 0.214 e. The van der Waals surface area contributed by atoms with Crippen LogP contribution >= 0.6 is 0 Å². The van der Waals surface area contributed by atoms with Crippen LogP contribution in [-0.4, -0.2) is 34.0 Å². The summed E-state index contributed by atoms with van der Waals surface area (Å²) in [4.78, 5) is 0.889. The number of sulfone groups is 2. The van der Waals surface area contributed by atoms with Gasteiger partial charge in [-0.1, -0.05) is 0 Å². The summed E-state index contributed by atoms with van der Waals surface area (Å²) in [6.45, 7) is 15.9. The number of fused-ring (bicyclic) bond motifs is 2.